The molecule has 2 N–H and O–H groups in total. The van der Waals surface area contributed by atoms with Gasteiger partial charge in [-0.3, -0.25) is 0 Å². The Morgan fingerprint density at radius 3 is 2.00 bits per heavy atom. The van der Waals surface area contributed by atoms with Gasteiger partial charge in [-0.05, 0) is 31.5 Å². The Hall–Kier alpha value is -1.35. The van der Waals surface area contributed by atoms with Gasteiger partial charge < -0.3 is 10.5 Å². The molecule has 0 unspecified atom stereocenters. The third-order valence-corrected chi connectivity index (χ3v) is 3.34. The van der Waals surface area contributed by atoms with Crippen molar-refractivity contribution < 1.29 is 9.53 Å². The maximum Gasteiger partial charge on any atom is 0.338 e. The molecule has 0 heterocycles. The number of rotatable bonds is 11. The Bertz CT molecular complexity index is 351. The van der Waals surface area contributed by atoms with Crippen molar-refractivity contribution in [3.8, 4) is 0 Å². The van der Waals surface area contributed by atoms with Crippen LogP contribution in [0.3, 0.4) is 0 Å². The zero-order chi connectivity index (χ0) is 14.5. The highest BCUT2D eigenvalue weighted by Gasteiger charge is 2.04. The van der Waals surface area contributed by atoms with Crippen molar-refractivity contribution in [1.82, 2.24) is 0 Å². The molecular formula is C17H27NO2. The first kappa shape index (κ1) is 16.7. The van der Waals surface area contributed by atoms with Gasteiger partial charge in [0.05, 0.1) is 12.2 Å². The second kappa shape index (κ2) is 11.5. The minimum Gasteiger partial charge on any atom is -0.462 e. The number of carbonyl (C=O) groups excluding carboxylic acids is 1. The van der Waals surface area contributed by atoms with Crippen LogP contribution in [-0.4, -0.2) is 19.1 Å². The highest BCUT2D eigenvalue weighted by Crippen LogP contribution is 2.09. The Balaban J connectivity index is 1.91. The second-order valence-corrected chi connectivity index (χ2v) is 5.12. The van der Waals surface area contributed by atoms with Gasteiger partial charge in [0, 0.05) is 0 Å². The average Bonchev–Trinajstić information content (AvgIpc) is 2.50. The number of benzene rings is 1. The third kappa shape index (κ3) is 7.95. The van der Waals surface area contributed by atoms with E-state index in [0.29, 0.717) is 12.2 Å². The normalized spacial score (nSPS) is 10.4. The molecule has 0 amide bonds. The van der Waals surface area contributed by atoms with Crippen LogP contribution in [0.4, 0.5) is 0 Å². The molecule has 1 aromatic rings. The Kier molecular flexibility index (Phi) is 9.58. The van der Waals surface area contributed by atoms with Gasteiger partial charge in [-0.15, -0.1) is 0 Å². The lowest BCUT2D eigenvalue weighted by atomic mass is 10.1. The number of esters is 1. The highest BCUT2D eigenvalue weighted by molar-refractivity contribution is 5.89. The van der Waals surface area contributed by atoms with Crippen LogP contribution in [0.5, 0.6) is 0 Å². The summed E-state index contributed by atoms with van der Waals surface area (Å²) in [7, 11) is 0. The highest BCUT2D eigenvalue weighted by atomic mass is 16.5. The van der Waals surface area contributed by atoms with Crippen LogP contribution in [0.25, 0.3) is 0 Å². The van der Waals surface area contributed by atoms with Gasteiger partial charge in [0.2, 0.25) is 0 Å². The molecule has 0 spiro atoms. The first-order valence-corrected chi connectivity index (χ1v) is 7.77. The van der Waals surface area contributed by atoms with Gasteiger partial charge in [0.1, 0.15) is 0 Å². The van der Waals surface area contributed by atoms with E-state index in [1.165, 1.54) is 32.1 Å². The van der Waals surface area contributed by atoms with Crippen LogP contribution < -0.4 is 5.73 Å². The maximum absolute atomic E-state index is 11.6. The van der Waals surface area contributed by atoms with Crippen molar-refractivity contribution >= 4 is 5.97 Å². The lowest BCUT2D eigenvalue weighted by Crippen LogP contribution is -2.06. The lowest BCUT2D eigenvalue weighted by molar-refractivity contribution is 0.0497. The Labute approximate surface area is 122 Å². The zero-order valence-electron chi connectivity index (χ0n) is 12.4. The van der Waals surface area contributed by atoms with E-state index < -0.39 is 0 Å². The third-order valence-electron chi connectivity index (χ3n) is 3.34. The van der Waals surface area contributed by atoms with Crippen LogP contribution in [0.1, 0.15) is 61.7 Å². The van der Waals surface area contributed by atoms with Gasteiger partial charge in [-0.2, -0.15) is 0 Å². The van der Waals surface area contributed by atoms with E-state index >= 15 is 0 Å². The predicted octanol–water partition coefficient (Wildman–Crippen LogP) is 3.92. The summed E-state index contributed by atoms with van der Waals surface area (Å²) < 4.78 is 5.23. The molecular weight excluding hydrogens is 250 g/mol. The molecule has 3 nitrogen and oxygen atoms in total. The standard InChI is InChI=1S/C17H27NO2/c18-14-10-5-3-1-2-4-6-11-15-20-17(19)16-12-8-7-9-13-16/h7-9,12-13H,1-6,10-11,14-15,18H2. The summed E-state index contributed by atoms with van der Waals surface area (Å²) in [5.41, 5.74) is 6.08. The average molecular weight is 277 g/mol. The summed E-state index contributed by atoms with van der Waals surface area (Å²) in [4.78, 5) is 11.6. The monoisotopic (exact) mass is 277 g/mol. The first-order valence-electron chi connectivity index (χ1n) is 7.77. The van der Waals surface area contributed by atoms with E-state index in [2.05, 4.69) is 0 Å². The molecule has 1 aromatic carbocycles. The van der Waals surface area contributed by atoms with Crippen LogP contribution in [0.2, 0.25) is 0 Å². The number of hydrogen-bond acceptors (Lipinski definition) is 3. The van der Waals surface area contributed by atoms with Gasteiger partial charge in [0.25, 0.3) is 0 Å². The van der Waals surface area contributed by atoms with Crippen molar-refractivity contribution in [1.29, 1.82) is 0 Å². The summed E-state index contributed by atoms with van der Waals surface area (Å²) in [6.45, 7) is 1.34. The molecule has 0 fully saturated rings. The largest absolute Gasteiger partial charge is 0.462 e. The summed E-state index contributed by atoms with van der Waals surface area (Å²) >= 11 is 0. The van der Waals surface area contributed by atoms with Crippen LogP contribution in [0, 0.1) is 0 Å². The van der Waals surface area contributed by atoms with E-state index in [4.69, 9.17) is 10.5 Å². The zero-order valence-corrected chi connectivity index (χ0v) is 12.4. The van der Waals surface area contributed by atoms with E-state index in [1.54, 1.807) is 12.1 Å². The topological polar surface area (TPSA) is 52.3 Å². The molecule has 0 aliphatic carbocycles. The van der Waals surface area contributed by atoms with Crippen LogP contribution >= 0.6 is 0 Å². The summed E-state index contributed by atoms with van der Waals surface area (Å²) in [6.07, 6.45) is 9.59. The summed E-state index contributed by atoms with van der Waals surface area (Å²) in [6, 6.07) is 9.15. The van der Waals surface area contributed by atoms with Gasteiger partial charge in [-0.1, -0.05) is 56.7 Å². The summed E-state index contributed by atoms with van der Waals surface area (Å²) in [5.74, 6) is -0.215. The molecule has 112 valence electrons. The van der Waals surface area contributed by atoms with Crippen LogP contribution in [-0.2, 0) is 4.74 Å². The van der Waals surface area contributed by atoms with Crippen molar-refractivity contribution in [3.05, 3.63) is 35.9 Å². The molecule has 0 saturated heterocycles. The van der Waals surface area contributed by atoms with Gasteiger partial charge >= 0.3 is 5.97 Å². The molecule has 0 bridgehead atoms. The van der Waals surface area contributed by atoms with E-state index in [0.717, 1.165) is 25.8 Å². The SMILES string of the molecule is NCCCCCCCCCCOC(=O)c1ccccc1. The predicted molar refractivity (Wildman–Crippen MR) is 82.7 cm³/mol. The van der Waals surface area contributed by atoms with Gasteiger partial charge in [-0.25, -0.2) is 4.79 Å². The maximum atomic E-state index is 11.6. The molecule has 0 saturated carbocycles. The summed E-state index contributed by atoms with van der Waals surface area (Å²) in [5, 5.41) is 0. The number of hydrogen-bond donors (Lipinski definition) is 1. The molecule has 0 radical (unpaired) electrons. The molecule has 0 aromatic heterocycles. The molecule has 3 heteroatoms. The first-order chi connectivity index (χ1) is 9.84. The quantitative estimate of drug-likeness (QED) is 0.492. The van der Waals surface area contributed by atoms with E-state index in [1.807, 2.05) is 18.2 Å². The molecule has 1 rings (SSSR count). The minimum atomic E-state index is -0.215. The smallest absolute Gasteiger partial charge is 0.338 e. The second-order valence-electron chi connectivity index (χ2n) is 5.12. The number of unbranched alkanes of at least 4 members (excludes halogenated alkanes) is 7. The van der Waals surface area contributed by atoms with Gasteiger partial charge in [0.15, 0.2) is 0 Å². The number of nitrogens with two attached hydrogens (primary N) is 1. The van der Waals surface area contributed by atoms with E-state index in [-0.39, 0.29) is 5.97 Å². The van der Waals surface area contributed by atoms with Crippen molar-refractivity contribution in [2.24, 2.45) is 5.73 Å². The molecule has 0 atom stereocenters. The van der Waals surface area contributed by atoms with Crippen molar-refractivity contribution in [3.63, 3.8) is 0 Å². The number of carbonyl (C=O) groups is 1. The van der Waals surface area contributed by atoms with Crippen LogP contribution in [0.15, 0.2) is 30.3 Å². The Morgan fingerprint density at radius 1 is 0.850 bits per heavy atom. The van der Waals surface area contributed by atoms with Crippen molar-refractivity contribution in [2.75, 3.05) is 13.2 Å². The molecule has 20 heavy (non-hydrogen) atoms. The fourth-order valence-electron chi connectivity index (χ4n) is 2.13. The lowest BCUT2D eigenvalue weighted by Gasteiger charge is -2.05. The fraction of sp³-hybridized carbons (Fsp3) is 0.588. The minimum absolute atomic E-state index is 0.215. The fourth-order valence-corrected chi connectivity index (χ4v) is 2.13. The van der Waals surface area contributed by atoms with E-state index in [9.17, 15) is 4.79 Å². The molecule has 0 aliphatic rings. The van der Waals surface area contributed by atoms with Crippen molar-refractivity contribution in [2.45, 2.75) is 51.4 Å². The number of ether oxygens (including phenoxy) is 1. The molecule has 0 aliphatic heterocycles. The Morgan fingerprint density at radius 2 is 1.40 bits per heavy atom.